The summed E-state index contributed by atoms with van der Waals surface area (Å²) < 4.78 is 13.5. The number of hydrogen-bond acceptors (Lipinski definition) is 5. The van der Waals surface area contributed by atoms with Crippen molar-refractivity contribution in [3.63, 3.8) is 0 Å². The highest BCUT2D eigenvalue weighted by atomic mass is 32.1. The van der Waals surface area contributed by atoms with Crippen molar-refractivity contribution in [1.82, 2.24) is 15.4 Å². The molecule has 0 spiro atoms. The standard InChI is InChI=1S/C10H11FN4S/c1-6-14-5-9(16-6)10(15-12)7-2-3-13-4-8(7)11/h2-5,10,15H,12H2,1H3. The lowest BCUT2D eigenvalue weighted by Crippen LogP contribution is -2.29. The fourth-order valence-corrected chi connectivity index (χ4v) is 2.32. The molecule has 0 saturated carbocycles. The highest BCUT2D eigenvalue weighted by Gasteiger charge is 2.18. The molecule has 16 heavy (non-hydrogen) atoms. The minimum Gasteiger partial charge on any atom is -0.271 e. The van der Waals surface area contributed by atoms with Gasteiger partial charge in [-0.2, -0.15) is 0 Å². The minimum atomic E-state index is -0.380. The average molecular weight is 238 g/mol. The summed E-state index contributed by atoms with van der Waals surface area (Å²) in [7, 11) is 0. The van der Waals surface area contributed by atoms with Gasteiger partial charge in [0.2, 0.25) is 0 Å². The Morgan fingerprint density at radius 3 is 2.88 bits per heavy atom. The van der Waals surface area contributed by atoms with Gasteiger partial charge < -0.3 is 0 Å². The van der Waals surface area contributed by atoms with Crippen LogP contribution in [0.25, 0.3) is 0 Å². The van der Waals surface area contributed by atoms with Crippen molar-refractivity contribution in [3.8, 4) is 0 Å². The largest absolute Gasteiger partial charge is 0.271 e. The van der Waals surface area contributed by atoms with Crippen LogP contribution < -0.4 is 11.3 Å². The van der Waals surface area contributed by atoms with E-state index in [1.807, 2.05) is 6.92 Å². The molecule has 2 aromatic rings. The van der Waals surface area contributed by atoms with Crippen molar-refractivity contribution in [2.45, 2.75) is 13.0 Å². The number of hydrazine groups is 1. The van der Waals surface area contributed by atoms with Crippen molar-refractivity contribution in [1.29, 1.82) is 0 Å². The first kappa shape index (κ1) is 11.1. The van der Waals surface area contributed by atoms with Gasteiger partial charge in [0.25, 0.3) is 0 Å². The van der Waals surface area contributed by atoms with Gasteiger partial charge in [0, 0.05) is 22.8 Å². The predicted molar refractivity (Wildman–Crippen MR) is 60.2 cm³/mol. The molecule has 0 radical (unpaired) electrons. The maximum atomic E-state index is 13.5. The summed E-state index contributed by atoms with van der Waals surface area (Å²) in [6.07, 6.45) is 4.41. The fourth-order valence-electron chi connectivity index (χ4n) is 1.46. The summed E-state index contributed by atoms with van der Waals surface area (Å²) in [6.45, 7) is 1.89. The minimum absolute atomic E-state index is 0.378. The number of nitrogens with two attached hydrogens (primary N) is 1. The maximum Gasteiger partial charge on any atom is 0.146 e. The molecule has 1 atom stereocenters. The monoisotopic (exact) mass is 238 g/mol. The maximum absolute atomic E-state index is 13.5. The highest BCUT2D eigenvalue weighted by Crippen LogP contribution is 2.27. The van der Waals surface area contributed by atoms with Crippen LogP contribution in [0.3, 0.4) is 0 Å². The molecule has 2 rings (SSSR count). The van der Waals surface area contributed by atoms with Crippen LogP contribution in [0.4, 0.5) is 4.39 Å². The molecule has 3 N–H and O–H groups in total. The SMILES string of the molecule is Cc1ncc(C(NN)c2ccncc2F)s1. The lowest BCUT2D eigenvalue weighted by Gasteiger charge is -2.14. The van der Waals surface area contributed by atoms with Crippen LogP contribution >= 0.6 is 11.3 Å². The molecule has 0 aromatic carbocycles. The summed E-state index contributed by atoms with van der Waals surface area (Å²) in [4.78, 5) is 8.71. The molecular formula is C10H11FN4S. The Morgan fingerprint density at radius 2 is 2.31 bits per heavy atom. The molecule has 0 aliphatic carbocycles. The number of nitrogens with one attached hydrogen (secondary N) is 1. The number of nitrogens with zero attached hydrogens (tertiary/aromatic N) is 2. The van der Waals surface area contributed by atoms with Gasteiger partial charge in [0.1, 0.15) is 5.82 Å². The van der Waals surface area contributed by atoms with E-state index in [0.717, 1.165) is 9.88 Å². The Balaban J connectivity index is 2.40. The van der Waals surface area contributed by atoms with E-state index < -0.39 is 0 Å². The molecule has 0 amide bonds. The van der Waals surface area contributed by atoms with E-state index in [0.29, 0.717) is 5.56 Å². The van der Waals surface area contributed by atoms with E-state index in [2.05, 4.69) is 15.4 Å². The van der Waals surface area contributed by atoms with E-state index in [1.165, 1.54) is 23.7 Å². The third-order valence-electron chi connectivity index (χ3n) is 2.21. The molecule has 0 bridgehead atoms. The Labute approximate surface area is 96.3 Å². The molecule has 0 saturated heterocycles. The molecule has 84 valence electrons. The van der Waals surface area contributed by atoms with Gasteiger partial charge in [0.15, 0.2) is 0 Å². The van der Waals surface area contributed by atoms with Crippen LogP contribution in [-0.2, 0) is 0 Å². The summed E-state index contributed by atoms with van der Waals surface area (Å²) in [5.74, 6) is 5.08. The third-order valence-corrected chi connectivity index (χ3v) is 3.18. The van der Waals surface area contributed by atoms with Gasteiger partial charge in [-0.3, -0.25) is 10.8 Å². The van der Waals surface area contributed by atoms with Crippen LogP contribution in [0.15, 0.2) is 24.7 Å². The summed E-state index contributed by atoms with van der Waals surface area (Å²) in [6, 6.07) is 1.23. The van der Waals surface area contributed by atoms with Gasteiger partial charge in [-0.1, -0.05) is 0 Å². The van der Waals surface area contributed by atoms with Crippen LogP contribution in [0.5, 0.6) is 0 Å². The third kappa shape index (κ3) is 2.08. The lowest BCUT2D eigenvalue weighted by molar-refractivity contribution is 0.559. The molecule has 6 heteroatoms. The predicted octanol–water partition coefficient (Wildman–Crippen LogP) is 1.54. The Bertz CT molecular complexity index is 485. The number of aromatic nitrogens is 2. The molecule has 1 unspecified atom stereocenters. The second kappa shape index (κ2) is 4.65. The molecule has 0 fully saturated rings. The second-order valence-electron chi connectivity index (χ2n) is 3.28. The first-order valence-corrected chi connectivity index (χ1v) is 5.52. The van der Waals surface area contributed by atoms with Crippen molar-refractivity contribution in [3.05, 3.63) is 45.9 Å². The van der Waals surface area contributed by atoms with Gasteiger partial charge in [0.05, 0.1) is 17.2 Å². The number of aryl methyl sites for hydroxylation is 1. The van der Waals surface area contributed by atoms with E-state index in [4.69, 9.17) is 5.84 Å². The second-order valence-corrected chi connectivity index (χ2v) is 4.54. The summed E-state index contributed by atoms with van der Waals surface area (Å²) in [5, 5.41) is 0.921. The molecule has 0 aliphatic heterocycles. The fraction of sp³-hybridized carbons (Fsp3) is 0.200. The van der Waals surface area contributed by atoms with Crippen molar-refractivity contribution >= 4 is 11.3 Å². The Hall–Kier alpha value is -1.37. The summed E-state index contributed by atoms with van der Waals surface area (Å²) >= 11 is 1.48. The van der Waals surface area contributed by atoms with Gasteiger partial charge in [-0.15, -0.1) is 11.3 Å². The Kier molecular flexibility index (Phi) is 3.23. The average Bonchev–Trinajstić information content (AvgIpc) is 2.69. The normalized spacial score (nSPS) is 12.7. The van der Waals surface area contributed by atoms with Crippen LogP contribution in [0.1, 0.15) is 21.5 Å². The number of pyridine rings is 1. The number of hydrogen-bond donors (Lipinski definition) is 2. The van der Waals surface area contributed by atoms with Crippen molar-refractivity contribution < 1.29 is 4.39 Å². The Morgan fingerprint density at radius 1 is 1.50 bits per heavy atom. The van der Waals surface area contributed by atoms with Gasteiger partial charge in [-0.05, 0) is 13.0 Å². The van der Waals surface area contributed by atoms with Gasteiger partial charge >= 0.3 is 0 Å². The molecule has 2 aromatic heterocycles. The van der Waals surface area contributed by atoms with E-state index in [9.17, 15) is 4.39 Å². The number of thiazole rings is 1. The zero-order valence-corrected chi connectivity index (χ0v) is 9.46. The van der Waals surface area contributed by atoms with E-state index >= 15 is 0 Å². The molecule has 0 aliphatic rings. The van der Waals surface area contributed by atoms with Crippen LogP contribution in [0.2, 0.25) is 0 Å². The first-order valence-electron chi connectivity index (χ1n) is 4.70. The molecule has 4 nitrogen and oxygen atoms in total. The zero-order chi connectivity index (χ0) is 11.5. The number of rotatable bonds is 3. The van der Waals surface area contributed by atoms with Crippen LogP contribution in [-0.4, -0.2) is 9.97 Å². The summed E-state index contributed by atoms with van der Waals surface area (Å²) in [5.41, 5.74) is 3.06. The van der Waals surface area contributed by atoms with E-state index in [-0.39, 0.29) is 11.9 Å². The first-order chi connectivity index (χ1) is 7.72. The molecule has 2 heterocycles. The van der Waals surface area contributed by atoms with E-state index in [1.54, 1.807) is 12.3 Å². The van der Waals surface area contributed by atoms with Crippen molar-refractivity contribution in [2.24, 2.45) is 5.84 Å². The quantitative estimate of drug-likeness (QED) is 0.629. The van der Waals surface area contributed by atoms with Crippen LogP contribution in [0, 0.1) is 12.7 Å². The van der Waals surface area contributed by atoms with Gasteiger partial charge in [-0.25, -0.2) is 14.8 Å². The zero-order valence-electron chi connectivity index (χ0n) is 8.64. The topological polar surface area (TPSA) is 63.8 Å². The number of halogens is 1. The molecular weight excluding hydrogens is 227 g/mol. The lowest BCUT2D eigenvalue weighted by atomic mass is 10.1. The highest BCUT2D eigenvalue weighted by molar-refractivity contribution is 7.11. The van der Waals surface area contributed by atoms with Crippen molar-refractivity contribution in [2.75, 3.05) is 0 Å². The smallest absolute Gasteiger partial charge is 0.146 e.